The maximum absolute atomic E-state index is 12.5. The van der Waals surface area contributed by atoms with Crippen LogP contribution >= 0.6 is 0 Å². The van der Waals surface area contributed by atoms with E-state index in [2.05, 4.69) is 17.2 Å². The zero-order chi connectivity index (χ0) is 18.6. The van der Waals surface area contributed by atoms with Crippen molar-refractivity contribution in [1.82, 2.24) is 14.7 Å². The molecule has 1 N–H and O–H groups in total. The molecule has 1 aromatic carbocycles. The lowest BCUT2D eigenvalue weighted by molar-refractivity contribution is 0.0910. The molecule has 140 valence electrons. The first-order valence-corrected chi connectivity index (χ1v) is 9.65. The minimum absolute atomic E-state index is 0.000603. The van der Waals surface area contributed by atoms with Gasteiger partial charge < -0.3 is 14.5 Å². The highest BCUT2D eigenvalue weighted by molar-refractivity contribution is 5.94. The molecule has 4 rings (SSSR count). The Hall–Kier alpha value is -2.82. The minimum atomic E-state index is 0.000603. The van der Waals surface area contributed by atoms with Crippen LogP contribution in [0.5, 0.6) is 5.75 Å². The number of imidazole rings is 1. The van der Waals surface area contributed by atoms with Crippen LogP contribution in [0.2, 0.25) is 0 Å². The third-order valence-electron chi connectivity index (χ3n) is 5.35. The number of rotatable bonds is 5. The molecule has 0 saturated heterocycles. The van der Waals surface area contributed by atoms with Crippen molar-refractivity contribution in [1.29, 1.82) is 0 Å². The second-order valence-electron chi connectivity index (χ2n) is 7.35. The molecule has 0 aliphatic heterocycles. The van der Waals surface area contributed by atoms with Gasteiger partial charge in [0.05, 0.1) is 5.69 Å². The second kappa shape index (κ2) is 7.82. The Bertz CT molecular complexity index is 884. The number of fused-ring (bicyclic) bond motifs is 1. The number of amides is 1. The molecule has 1 fully saturated rings. The highest BCUT2D eigenvalue weighted by atomic mass is 16.5. The number of carbonyl (C=O) groups is 1. The van der Waals surface area contributed by atoms with Gasteiger partial charge in [0, 0.05) is 24.0 Å². The van der Waals surface area contributed by atoms with Gasteiger partial charge in [-0.1, -0.05) is 25.8 Å². The molecule has 5 heteroatoms. The van der Waals surface area contributed by atoms with Gasteiger partial charge in [0.15, 0.2) is 0 Å². The number of benzene rings is 1. The third-order valence-corrected chi connectivity index (χ3v) is 5.35. The van der Waals surface area contributed by atoms with Gasteiger partial charge in [-0.2, -0.15) is 0 Å². The summed E-state index contributed by atoms with van der Waals surface area (Å²) in [6.07, 6.45) is 8.67. The molecule has 2 aromatic heterocycles. The Balaban J connectivity index is 1.34. The van der Waals surface area contributed by atoms with Crippen LogP contribution in [0.4, 0.5) is 0 Å². The van der Waals surface area contributed by atoms with Crippen molar-refractivity contribution in [3.8, 4) is 5.75 Å². The number of hydrogen-bond acceptors (Lipinski definition) is 3. The van der Waals surface area contributed by atoms with Crippen LogP contribution in [0.25, 0.3) is 5.65 Å². The summed E-state index contributed by atoms with van der Waals surface area (Å²) in [5, 5.41) is 3.18. The molecule has 0 radical (unpaired) electrons. The summed E-state index contributed by atoms with van der Waals surface area (Å²) in [5.41, 5.74) is 2.45. The largest absolute Gasteiger partial charge is 0.487 e. The smallest absolute Gasteiger partial charge is 0.251 e. The maximum Gasteiger partial charge on any atom is 0.251 e. The Labute approximate surface area is 159 Å². The van der Waals surface area contributed by atoms with E-state index in [9.17, 15) is 4.79 Å². The molecule has 0 bridgehead atoms. The van der Waals surface area contributed by atoms with E-state index in [-0.39, 0.29) is 11.9 Å². The molecule has 1 aliphatic rings. The van der Waals surface area contributed by atoms with Gasteiger partial charge in [-0.15, -0.1) is 0 Å². The molecule has 3 aromatic rings. The number of aromatic nitrogens is 2. The standard InChI is InChI=1S/C22H25N3O2/c1-16-6-2-3-7-20(16)24-22(26)17-9-11-19(12-10-17)27-15-18-14-25-13-5-4-8-21(25)23-18/h4-5,8-14,16,20H,2-3,6-7,15H2,1H3,(H,24,26)/t16-,20+/m0/s1. The van der Waals surface area contributed by atoms with Crippen molar-refractivity contribution < 1.29 is 9.53 Å². The van der Waals surface area contributed by atoms with Crippen LogP contribution < -0.4 is 10.1 Å². The van der Waals surface area contributed by atoms with E-state index in [1.807, 2.05) is 59.3 Å². The average Bonchev–Trinajstić information content (AvgIpc) is 3.11. The molecule has 1 saturated carbocycles. The van der Waals surface area contributed by atoms with Crippen molar-refractivity contribution in [2.24, 2.45) is 5.92 Å². The lowest BCUT2D eigenvalue weighted by Gasteiger charge is -2.29. The topological polar surface area (TPSA) is 55.6 Å². The zero-order valence-electron chi connectivity index (χ0n) is 15.6. The average molecular weight is 363 g/mol. The number of ether oxygens (including phenoxy) is 1. The molecule has 0 unspecified atom stereocenters. The van der Waals surface area contributed by atoms with Crippen LogP contribution in [0.3, 0.4) is 0 Å². The van der Waals surface area contributed by atoms with E-state index in [0.29, 0.717) is 18.1 Å². The molecular formula is C22H25N3O2. The van der Waals surface area contributed by atoms with Crippen LogP contribution in [0.1, 0.15) is 48.7 Å². The third kappa shape index (κ3) is 4.13. The molecule has 2 heterocycles. The fraction of sp³-hybridized carbons (Fsp3) is 0.364. The maximum atomic E-state index is 12.5. The van der Waals surface area contributed by atoms with Gasteiger partial charge in [0.2, 0.25) is 0 Å². The van der Waals surface area contributed by atoms with Crippen molar-refractivity contribution >= 4 is 11.6 Å². The molecule has 0 spiro atoms. The Morgan fingerprint density at radius 1 is 1.19 bits per heavy atom. The predicted molar refractivity (Wildman–Crippen MR) is 105 cm³/mol. The highest BCUT2D eigenvalue weighted by Gasteiger charge is 2.23. The van der Waals surface area contributed by atoms with Crippen LogP contribution in [-0.4, -0.2) is 21.3 Å². The van der Waals surface area contributed by atoms with Crippen molar-refractivity contribution in [3.63, 3.8) is 0 Å². The van der Waals surface area contributed by atoms with Crippen molar-refractivity contribution in [2.75, 3.05) is 0 Å². The number of nitrogens with zero attached hydrogens (tertiary/aromatic N) is 2. The molecular weight excluding hydrogens is 338 g/mol. The molecule has 1 amide bonds. The lowest BCUT2D eigenvalue weighted by atomic mass is 9.86. The molecule has 27 heavy (non-hydrogen) atoms. The van der Waals surface area contributed by atoms with Gasteiger partial charge in [0.1, 0.15) is 18.0 Å². The Kier molecular flexibility index (Phi) is 5.10. The van der Waals surface area contributed by atoms with E-state index in [0.717, 1.165) is 23.5 Å². The molecule has 2 atom stereocenters. The van der Waals surface area contributed by atoms with E-state index >= 15 is 0 Å². The SMILES string of the molecule is C[C@H]1CCCC[C@H]1NC(=O)c1ccc(OCc2cn3ccccc3n2)cc1. The van der Waals surface area contributed by atoms with Gasteiger partial charge in [-0.05, 0) is 55.2 Å². The van der Waals surface area contributed by atoms with Crippen LogP contribution in [0.15, 0.2) is 54.9 Å². The highest BCUT2D eigenvalue weighted by Crippen LogP contribution is 2.24. The monoisotopic (exact) mass is 363 g/mol. The first-order valence-electron chi connectivity index (χ1n) is 9.65. The first-order chi connectivity index (χ1) is 13.2. The van der Waals surface area contributed by atoms with Crippen LogP contribution in [-0.2, 0) is 6.61 Å². The quantitative estimate of drug-likeness (QED) is 0.738. The summed E-state index contributed by atoms with van der Waals surface area (Å²) in [6, 6.07) is 13.5. The normalized spacial score (nSPS) is 19.7. The van der Waals surface area contributed by atoms with E-state index < -0.39 is 0 Å². The van der Waals surface area contributed by atoms with Gasteiger partial charge >= 0.3 is 0 Å². The zero-order valence-corrected chi connectivity index (χ0v) is 15.6. The summed E-state index contributed by atoms with van der Waals surface area (Å²) >= 11 is 0. The number of carbonyl (C=O) groups excluding carboxylic acids is 1. The summed E-state index contributed by atoms with van der Waals surface area (Å²) in [4.78, 5) is 17.0. The summed E-state index contributed by atoms with van der Waals surface area (Å²) < 4.78 is 7.79. The number of pyridine rings is 1. The van der Waals surface area contributed by atoms with E-state index in [4.69, 9.17) is 4.74 Å². The van der Waals surface area contributed by atoms with E-state index in [1.54, 1.807) is 0 Å². The van der Waals surface area contributed by atoms with Gasteiger partial charge in [0.25, 0.3) is 5.91 Å². The molecule has 1 aliphatic carbocycles. The summed E-state index contributed by atoms with van der Waals surface area (Å²) in [6.45, 7) is 2.62. The number of hydrogen-bond donors (Lipinski definition) is 1. The van der Waals surface area contributed by atoms with E-state index in [1.165, 1.54) is 19.3 Å². The fourth-order valence-corrected chi connectivity index (χ4v) is 3.70. The number of nitrogens with one attached hydrogen (secondary N) is 1. The van der Waals surface area contributed by atoms with Crippen molar-refractivity contribution in [2.45, 2.75) is 45.3 Å². The second-order valence-corrected chi connectivity index (χ2v) is 7.35. The lowest BCUT2D eigenvalue weighted by Crippen LogP contribution is -2.41. The Morgan fingerprint density at radius 3 is 2.78 bits per heavy atom. The van der Waals surface area contributed by atoms with Crippen molar-refractivity contribution in [3.05, 3.63) is 66.1 Å². The van der Waals surface area contributed by atoms with Gasteiger partial charge in [-0.3, -0.25) is 4.79 Å². The summed E-state index contributed by atoms with van der Waals surface area (Å²) in [7, 11) is 0. The Morgan fingerprint density at radius 2 is 2.00 bits per heavy atom. The van der Waals surface area contributed by atoms with Crippen LogP contribution in [0, 0.1) is 5.92 Å². The van der Waals surface area contributed by atoms with Gasteiger partial charge in [-0.25, -0.2) is 4.98 Å². The summed E-state index contributed by atoms with van der Waals surface area (Å²) in [5.74, 6) is 1.28. The predicted octanol–water partition coefficient (Wildman–Crippen LogP) is 4.22. The molecule has 5 nitrogen and oxygen atoms in total. The first kappa shape index (κ1) is 17.6. The minimum Gasteiger partial charge on any atom is -0.487 e. The fourth-order valence-electron chi connectivity index (χ4n) is 3.70.